The Hall–Kier alpha value is -3.45. The molecule has 0 aliphatic carbocycles. The van der Waals surface area contributed by atoms with Crippen molar-refractivity contribution in [2.45, 2.75) is 52.1 Å². The number of allylic oxidation sites excluding steroid dienone is 2. The molecule has 170 valence electrons. The second-order valence-corrected chi connectivity index (χ2v) is 8.70. The highest BCUT2D eigenvalue weighted by Gasteiger charge is 2.19. The van der Waals surface area contributed by atoms with Crippen LogP contribution >= 0.6 is 0 Å². The third-order valence-corrected chi connectivity index (χ3v) is 5.40. The van der Waals surface area contributed by atoms with Crippen LogP contribution in [-0.4, -0.2) is 31.1 Å². The minimum absolute atomic E-state index is 0.0133. The Morgan fingerprint density at radius 1 is 1.06 bits per heavy atom. The van der Waals surface area contributed by atoms with Crippen molar-refractivity contribution < 1.29 is 29.9 Å². The summed E-state index contributed by atoms with van der Waals surface area (Å²) in [4.78, 5) is 13.0. The highest BCUT2D eigenvalue weighted by Crippen LogP contribution is 2.38. The number of rotatable bonds is 7. The van der Waals surface area contributed by atoms with E-state index in [2.05, 4.69) is 0 Å². The average Bonchev–Trinajstić information content (AvgIpc) is 2.67. The largest absolute Gasteiger partial charge is 0.508 e. The third kappa shape index (κ3) is 5.06. The molecule has 0 atom stereocenters. The summed E-state index contributed by atoms with van der Waals surface area (Å²) in [5, 5.41) is 50.5. The summed E-state index contributed by atoms with van der Waals surface area (Å²) in [6.45, 7) is 5.47. The SMILES string of the molecule is C/C(=C\Cc1c(O)ccc(-c2coc3cc(O)cc(O)c3c2=O)c1O)CCCC(C)(C)O. The van der Waals surface area contributed by atoms with Gasteiger partial charge in [0.25, 0.3) is 0 Å². The van der Waals surface area contributed by atoms with Gasteiger partial charge in [0.05, 0.1) is 11.2 Å². The molecule has 0 fully saturated rings. The maximum absolute atomic E-state index is 13.0. The van der Waals surface area contributed by atoms with Gasteiger partial charge in [-0.3, -0.25) is 4.79 Å². The molecule has 0 bridgehead atoms. The Morgan fingerprint density at radius 2 is 1.78 bits per heavy atom. The zero-order valence-electron chi connectivity index (χ0n) is 18.3. The van der Waals surface area contributed by atoms with E-state index in [1.807, 2.05) is 13.0 Å². The maximum atomic E-state index is 13.0. The van der Waals surface area contributed by atoms with Crippen molar-refractivity contribution in [1.29, 1.82) is 0 Å². The summed E-state index contributed by atoms with van der Waals surface area (Å²) >= 11 is 0. The van der Waals surface area contributed by atoms with Gasteiger partial charge in [0.2, 0.25) is 5.43 Å². The van der Waals surface area contributed by atoms with Gasteiger partial charge in [-0.15, -0.1) is 0 Å². The first-order chi connectivity index (χ1) is 15.0. The van der Waals surface area contributed by atoms with Crippen molar-refractivity contribution >= 4 is 11.0 Å². The van der Waals surface area contributed by atoms with Crippen molar-refractivity contribution in [3.8, 4) is 34.1 Å². The molecule has 2 aromatic carbocycles. The lowest BCUT2D eigenvalue weighted by Crippen LogP contribution is -2.17. The summed E-state index contributed by atoms with van der Waals surface area (Å²) in [6, 6.07) is 5.05. The van der Waals surface area contributed by atoms with Gasteiger partial charge in [0.1, 0.15) is 40.2 Å². The van der Waals surface area contributed by atoms with Crippen LogP contribution in [0, 0.1) is 0 Å². The zero-order valence-corrected chi connectivity index (χ0v) is 18.3. The maximum Gasteiger partial charge on any atom is 0.204 e. The summed E-state index contributed by atoms with van der Waals surface area (Å²) in [5.41, 5.74) is 0.205. The highest BCUT2D eigenvalue weighted by atomic mass is 16.3. The van der Waals surface area contributed by atoms with Gasteiger partial charge < -0.3 is 29.9 Å². The van der Waals surface area contributed by atoms with Gasteiger partial charge in [-0.05, 0) is 58.6 Å². The number of hydrogen-bond acceptors (Lipinski definition) is 7. The molecule has 0 unspecified atom stereocenters. The Bertz CT molecular complexity index is 1230. The van der Waals surface area contributed by atoms with E-state index >= 15 is 0 Å². The smallest absolute Gasteiger partial charge is 0.204 e. The predicted octanol–water partition coefficient (Wildman–Crippen LogP) is 4.71. The summed E-state index contributed by atoms with van der Waals surface area (Å²) in [6.07, 6.45) is 5.52. The molecule has 7 nitrogen and oxygen atoms in total. The molecule has 32 heavy (non-hydrogen) atoms. The number of hydrogen-bond donors (Lipinski definition) is 5. The first kappa shape index (κ1) is 23.2. The van der Waals surface area contributed by atoms with Crippen LogP contribution in [0.5, 0.6) is 23.0 Å². The van der Waals surface area contributed by atoms with Crippen LogP contribution in [0.1, 0.15) is 45.6 Å². The molecule has 3 rings (SSSR count). The Balaban J connectivity index is 1.94. The molecule has 7 heteroatoms. The van der Waals surface area contributed by atoms with Crippen molar-refractivity contribution in [2.24, 2.45) is 0 Å². The number of benzene rings is 2. The normalized spacial score (nSPS) is 12.4. The van der Waals surface area contributed by atoms with Crippen molar-refractivity contribution in [3.05, 3.63) is 58.0 Å². The molecule has 5 N–H and O–H groups in total. The van der Waals surface area contributed by atoms with Crippen LogP contribution < -0.4 is 5.43 Å². The van der Waals surface area contributed by atoms with Gasteiger partial charge in [0, 0.05) is 23.3 Å². The Labute approximate surface area is 185 Å². The van der Waals surface area contributed by atoms with E-state index in [9.17, 15) is 30.3 Å². The molecule has 0 saturated carbocycles. The minimum atomic E-state index is -0.723. The molecule has 3 aromatic rings. The molecule has 1 heterocycles. The fourth-order valence-electron chi connectivity index (χ4n) is 3.63. The molecule has 0 aliphatic rings. The molecular weight excluding hydrogens is 412 g/mol. The number of aromatic hydroxyl groups is 4. The molecule has 0 aliphatic heterocycles. The fraction of sp³-hybridized carbons (Fsp3) is 0.320. The molecule has 0 radical (unpaired) electrons. The lowest BCUT2D eigenvalue weighted by molar-refractivity contribution is 0.0689. The van der Waals surface area contributed by atoms with E-state index in [-0.39, 0.29) is 51.3 Å². The number of phenols is 4. The van der Waals surface area contributed by atoms with E-state index in [1.54, 1.807) is 13.8 Å². The van der Waals surface area contributed by atoms with E-state index in [0.29, 0.717) is 6.42 Å². The van der Waals surface area contributed by atoms with Gasteiger partial charge in [-0.1, -0.05) is 11.6 Å². The van der Waals surface area contributed by atoms with Crippen LogP contribution in [0.3, 0.4) is 0 Å². The topological polar surface area (TPSA) is 131 Å². The predicted molar refractivity (Wildman–Crippen MR) is 122 cm³/mol. The average molecular weight is 440 g/mol. The molecule has 0 spiro atoms. The van der Waals surface area contributed by atoms with Gasteiger partial charge in [-0.25, -0.2) is 0 Å². The standard InChI is InChI=1S/C25H28O7/c1-14(5-4-10-25(2,3)31)6-7-17-19(27)9-8-16(23(17)29)18-13-32-21-12-15(26)11-20(28)22(21)24(18)30/h6,8-9,11-13,26-29,31H,4-5,7,10H2,1-3H3/b14-6+. The van der Waals surface area contributed by atoms with Crippen molar-refractivity contribution in [2.75, 3.05) is 0 Å². The van der Waals surface area contributed by atoms with E-state index < -0.39 is 16.8 Å². The Kier molecular flexibility index (Phi) is 6.50. The van der Waals surface area contributed by atoms with Gasteiger partial charge in [0.15, 0.2) is 0 Å². The summed E-state index contributed by atoms with van der Waals surface area (Å²) < 4.78 is 5.41. The number of aliphatic hydroxyl groups is 1. The first-order valence-electron chi connectivity index (χ1n) is 10.4. The van der Waals surface area contributed by atoms with E-state index in [4.69, 9.17) is 4.42 Å². The molecule has 0 saturated heterocycles. The van der Waals surface area contributed by atoms with E-state index in [0.717, 1.165) is 30.7 Å². The number of fused-ring (bicyclic) bond motifs is 1. The quantitative estimate of drug-likeness (QED) is 0.336. The molecule has 0 amide bonds. The van der Waals surface area contributed by atoms with Crippen LogP contribution in [0.2, 0.25) is 0 Å². The minimum Gasteiger partial charge on any atom is -0.508 e. The van der Waals surface area contributed by atoms with E-state index in [1.165, 1.54) is 18.2 Å². The molecule has 1 aromatic heterocycles. The monoisotopic (exact) mass is 440 g/mol. The van der Waals surface area contributed by atoms with Crippen LogP contribution in [0.15, 0.2) is 51.4 Å². The summed E-state index contributed by atoms with van der Waals surface area (Å²) in [5.74, 6) is -1.04. The lowest BCUT2D eigenvalue weighted by atomic mass is 9.96. The third-order valence-electron chi connectivity index (χ3n) is 5.40. The van der Waals surface area contributed by atoms with Crippen LogP contribution in [0.4, 0.5) is 0 Å². The second kappa shape index (κ2) is 8.96. The fourth-order valence-corrected chi connectivity index (χ4v) is 3.63. The zero-order chi connectivity index (χ0) is 23.6. The first-order valence-corrected chi connectivity index (χ1v) is 10.4. The van der Waals surface area contributed by atoms with Crippen LogP contribution in [-0.2, 0) is 6.42 Å². The highest BCUT2D eigenvalue weighted by molar-refractivity contribution is 5.89. The van der Waals surface area contributed by atoms with Gasteiger partial charge >= 0.3 is 0 Å². The van der Waals surface area contributed by atoms with Crippen LogP contribution in [0.25, 0.3) is 22.1 Å². The summed E-state index contributed by atoms with van der Waals surface area (Å²) in [7, 11) is 0. The lowest BCUT2D eigenvalue weighted by Gasteiger charge is -2.16. The van der Waals surface area contributed by atoms with Crippen molar-refractivity contribution in [3.63, 3.8) is 0 Å². The molecular formula is C25H28O7. The van der Waals surface area contributed by atoms with Crippen molar-refractivity contribution in [1.82, 2.24) is 0 Å². The second-order valence-electron chi connectivity index (χ2n) is 8.70. The van der Waals surface area contributed by atoms with Gasteiger partial charge in [-0.2, -0.15) is 0 Å². The Morgan fingerprint density at radius 3 is 2.47 bits per heavy atom. The number of phenolic OH excluding ortho intramolecular Hbond substituents is 4.